The normalized spacial score (nSPS) is 13.9. The number of nitrogens with zero attached hydrogens (tertiary/aromatic N) is 5. The van der Waals surface area contributed by atoms with E-state index in [0.717, 1.165) is 18.8 Å². The van der Waals surface area contributed by atoms with Gasteiger partial charge in [-0.25, -0.2) is 4.39 Å². The Morgan fingerprint density at radius 3 is 2.21 bits per heavy atom. The van der Waals surface area contributed by atoms with Crippen molar-refractivity contribution in [1.29, 1.82) is 0 Å². The molecule has 0 spiro atoms. The number of benzene rings is 1. The van der Waals surface area contributed by atoms with E-state index in [-0.39, 0.29) is 48.2 Å². The van der Waals surface area contributed by atoms with Crippen molar-refractivity contribution in [2.24, 2.45) is 4.99 Å². The fraction of sp³-hybridized carbons (Fsp3) is 0.609. The zero-order valence-electron chi connectivity index (χ0n) is 20.2. The van der Waals surface area contributed by atoms with E-state index in [1.807, 2.05) is 32.7 Å². The third-order valence-corrected chi connectivity index (χ3v) is 5.60. The van der Waals surface area contributed by atoms with Crippen molar-refractivity contribution in [2.75, 3.05) is 70.9 Å². The van der Waals surface area contributed by atoms with Crippen molar-refractivity contribution < 1.29 is 14.0 Å². The highest BCUT2D eigenvalue weighted by Gasteiger charge is 2.21. The lowest BCUT2D eigenvalue weighted by Crippen LogP contribution is -2.49. The van der Waals surface area contributed by atoms with Crippen molar-refractivity contribution in [2.45, 2.75) is 27.2 Å². The number of guanidine groups is 1. The van der Waals surface area contributed by atoms with Crippen LogP contribution in [0.4, 0.5) is 10.1 Å². The molecule has 0 radical (unpaired) electrons. The summed E-state index contributed by atoms with van der Waals surface area (Å²) in [5.74, 6) is 0.508. The Morgan fingerprint density at radius 2 is 1.67 bits per heavy atom. The first-order valence-corrected chi connectivity index (χ1v) is 11.4. The van der Waals surface area contributed by atoms with Crippen LogP contribution in [0.25, 0.3) is 0 Å². The molecule has 33 heavy (non-hydrogen) atoms. The number of likely N-dealkylation sites (N-methyl/N-ethyl adjacent to an activating group) is 2. The zero-order valence-corrected chi connectivity index (χ0v) is 22.5. The fourth-order valence-corrected chi connectivity index (χ4v) is 3.71. The summed E-state index contributed by atoms with van der Waals surface area (Å²) in [6, 6.07) is 6.45. The van der Waals surface area contributed by atoms with Gasteiger partial charge in [0.15, 0.2) is 5.96 Å². The van der Waals surface area contributed by atoms with E-state index in [9.17, 15) is 14.0 Å². The molecule has 1 aliphatic heterocycles. The summed E-state index contributed by atoms with van der Waals surface area (Å²) in [6.07, 6.45) is 0.323. The summed E-state index contributed by atoms with van der Waals surface area (Å²) in [6.45, 7) is 11.3. The maximum absolute atomic E-state index is 13.1. The molecule has 0 bridgehead atoms. The molecule has 1 saturated heterocycles. The molecule has 0 atom stereocenters. The van der Waals surface area contributed by atoms with Crippen LogP contribution in [0.3, 0.4) is 0 Å². The predicted octanol–water partition coefficient (Wildman–Crippen LogP) is 2.25. The molecule has 1 heterocycles. The van der Waals surface area contributed by atoms with E-state index < -0.39 is 0 Å². The predicted molar refractivity (Wildman–Crippen MR) is 142 cm³/mol. The van der Waals surface area contributed by atoms with Gasteiger partial charge in [0.1, 0.15) is 5.82 Å². The molecule has 2 amide bonds. The highest BCUT2D eigenvalue weighted by atomic mass is 127. The second kappa shape index (κ2) is 14.9. The lowest BCUT2D eigenvalue weighted by Gasteiger charge is -2.36. The minimum Gasteiger partial charge on any atom is -0.368 e. The highest BCUT2D eigenvalue weighted by Crippen LogP contribution is 2.17. The zero-order chi connectivity index (χ0) is 23.5. The van der Waals surface area contributed by atoms with Crippen LogP contribution in [0.15, 0.2) is 29.3 Å². The van der Waals surface area contributed by atoms with Gasteiger partial charge < -0.3 is 24.9 Å². The Kier molecular flexibility index (Phi) is 13.1. The van der Waals surface area contributed by atoms with Crippen LogP contribution >= 0.6 is 24.0 Å². The smallest absolute Gasteiger partial charge is 0.242 e. The number of hydrogen-bond acceptors (Lipinski definition) is 4. The minimum absolute atomic E-state index is 0. The molecular weight excluding hydrogens is 538 g/mol. The van der Waals surface area contributed by atoms with Crippen LogP contribution in [0.1, 0.15) is 27.2 Å². The van der Waals surface area contributed by atoms with Crippen LogP contribution < -0.4 is 10.2 Å². The van der Waals surface area contributed by atoms with Crippen LogP contribution in [0.2, 0.25) is 0 Å². The van der Waals surface area contributed by atoms with E-state index in [4.69, 9.17) is 0 Å². The number of amides is 2. The molecule has 1 aliphatic rings. The van der Waals surface area contributed by atoms with Crippen LogP contribution in [-0.4, -0.2) is 98.4 Å². The van der Waals surface area contributed by atoms with Crippen molar-refractivity contribution in [3.8, 4) is 0 Å². The number of halogens is 2. The first kappa shape index (κ1) is 28.9. The van der Waals surface area contributed by atoms with Gasteiger partial charge in [-0.15, -0.1) is 24.0 Å². The first-order valence-electron chi connectivity index (χ1n) is 11.4. The molecule has 10 heteroatoms. The molecule has 2 rings (SSSR count). The molecule has 8 nitrogen and oxygen atoms in total. The Balaban J connectivity index is 0.00000544. The Hall–Kier alpha value is -2.11. The Morgan fingerprint density at radius 1 is 1.06 bits per heavy atom. The van der Waals surface area contributed by atoms with Crippen LogP contribution in [0.5, 0.6) is 0 Å². The van der Waals surface area contributed by atoms with Crippen molar-refractivity contribution in [3.63, 3.8) is 0 Å². The first-order chi connectivity index (χ1) is 15.4. The number of anilines is 1. The molecule has 0 unspecified atom stereocenters. The van der Waals surface area contributed by atoms with Gasteiger partial charge in [0, 0.05) is 65.0 Å². The number of rotatable bonds is 9. The standard InChI is InChI=1S/C23H37FN6O2.HI/c1-5-25-23(27(4)18-22(32)28(6-2)7-3)26-13-12-21(31)30-16-14-29(15-17-30)20-10-8-19(24)9-11-20;/h8-11H,5-7,12-18H2,1-4H3,(H,25,26);1H. The van der Waals surface area contributed by atoms with Gasteiger partial charge in [0.05, 0.1) is 13.1 Å². The van der Waals surface area contributed by atoms with Gasteiger partial charge in [0.25, 0.3) is 0 Å². The second-order valence-corrected chi connectivity index (χ2v) is 7.75. The largest absolute Gasteiger partial charge is 0.368 e. The summed E-state index contributed by atoms with van der Waals surface area (Å²) in [5, 5.41) is 3.19. The fourth-order valence-electron chi connectivity index (χ4n) is 3.71. The highest BCUT2D eigenvalue weighted by molar-refractivity contribution is 14.0. The number of carbonyl (C=O) groups is 2. The second-order valence-electron chi connectivity index (χ2n) is 7.75. The maximum atomic E-state index is 13.1. The summed E-state index contributed by atoms with van der Waals surface area (Å²) in [5.41, 5.74) is 0.973. The quantitative estimate of drug-likeness (QED) is 0.278. The summed E-state index contributed by atoms with van der Waals surface area (Å²) >= 11 is 0. The molecule has 0 saturated carbocycles. The van der Waals surface area contributed by atoms with Crippen LogP contribution in [0, 0.1) is 5.82 Å². The van der Waals surface area contributed by atoms with E-state index in [0.29, 0.717) is 51.6 Å². The van der Waals surface area contributed by atoms with Gasteiger partial charge in [-0.2, -0.15) is 0 Å². The Labute approximate surface area is 214 Å². The van der Waals surface area contributed by atoms with Crippen molar-refractivity contribution in [3.05, 3.63) is 30.1 Å². The van der Waals surface area contributed by atoms with Crippen LogP contribution in [-0.2, 0) is 9.59 Å². The number of aliphatic imine (C=N–C) groups is 1. The van der Waals surface area contributed by atoms with Gasteiger partial charge in [-0.3, -0.25) is 14.6 Å². The molecule has 1 N–H and O–H groups in total. The lowest BCUT2D eigenvalue weighted by atomic mass is 10.2. The molecule has 186 valence electrons. The molecule has 1 aromatic carbocycles. The monoisotopic (exact) mass is 576 g/mol. The number of piperazine rings is 1. The van der Waals surface area contributed by atoms with E-state index in [2.05, 4.69) is 15.2 Å². The van der Waals surface area contributed by atoms with Gasteiger partial charge >= 0.3 is 0 Å². The molecule has 1 fully saturated rings. The molecule has 0 aliphatic carbocycles. The van der Waals surface area contributed by atoms with E-state index in [1.165, 1.54) is 12.1 Å². The average molecular weight is 576 g/mol. The lowest BCUT2D eigenvalue weighted by molar-refractivity contribution is -0.132. The Bertz CT molecular complexity index is 765. The summed E-state index contributed by atoms with van der Waals surface area (Å²) in [4.78, 5) is 37.2. The van der Waals surface area contributed by atoms with E-state index >= 15 is 0 Å². The van der Waals surface area contributed by atoms with Crippen molar-refractivity contribution >= 4 is 47.4 Å². The summed E-state index contributed by atoms with van der Waals surface area (Å²) < 4.78 is 13.1. The third-order valence-electron chi connectivity index (χ3n) is 5.60. The maximum Gasteiger partial charge on any atom is 0.242 e. The molecular formula is C23H38FIN6O2. The number of nitrogens with one attached hydrogen (secondary N) is 1. The minimum atomic E-state index is -0.247. The summed E-state index contributed by atoms with van der Waals surface area (Å²) in [7, 11) is 1.83. The van der Waals surface area contributed by atoms with Gasteiger partial charge in [-0.05, 0) is 45.0 Å². The molecule has 1 aromatic rings. The number of carbonyl (C=O) groups excluding carboxylic acids is 2. The number of hydrogen-bond donors (Lipinski definition) is 1. The van der Waals surface area contributed by atoms with Gasteiger partial charge in [0.2, 0.25) is 11.8 Å². The average Bonchev–Trinajstić information content (AvgIpc) is 2.79. The van der Waals surface area contributed by atoms with E-state index in [1.54, 1.807) is 21.9 Å². The molecule has 0 aromatic heterocycles. The third kappa shape index (κ3) is 8.98. The van der Waals surface area contributed by atoms with Crippen molar-refractivity contribution in [1.82, 2.24) is 20.0 Å². The SMILES string of the molecule is CCNC(=NCCC(=O)N1CCN(c2ccc(F)cc2)CC1)N(C)CC(=O)N(CC)CC.I. The van der Waals surface area contributed by atoms with Gasteiger partial charge in [-0.1, -0.05) is 0 Å². The topological polar surface area (TPSA) is 71.5 Å².